The summed E-state index contributed by atoms with van der Waals surface area (Å²) in [4.78, 5) is 21.9. The highest BCUT2D eigenvalue weighted by atomic mass is 32.1. The molecule has 1 atom stereocenters. The standard InChI is InChI=1S/C18H19F3N4OS/c19-18(20,21)15-12-22-17(27-15)24-10-8-23(9-11-24)14-6-7-25(16(14)26)13-4-2-1-3-5-13/h1-5,12,14H,6-11H2. The van der Waals surface area contributed by atoms with Gasteiger partial charge in [-0.2, -0.15) is 13.2 Å². The number of rotatable bonds is 3. The third-order valence-corrected chi connectivity index (χ3v) is 6.15. The smallest absolute Gasteiger partial charge is 0.346 e. The van der Waals surface area contributed by atoms with Crippen molar-refractivity contribution in [3.05, 3.63) is 41.4 Å². The van der Waals surface area contributed by atoms with Crippen LogP contribution in [0, 0.1) is 0 Å². The van der Waals surface area contributed by atoms with E-state index in [1.807, 2.05) is 40.1 Å². The molecule has 1 unspecified atom stereocenters. The summed E-state index contributed by atoms with van der Waals surface area (Å²) in [5.41, 5.74) is 0.908. The Morgan fingerprint density at radius 3 is 2.37 bits per heavy atom. The molecule has 2 aliphatic rings. The Labute approximate surface area is 159 Å². The Bertz CT molecular complexity index is 802. The maximum absolute atomic E-state index is 12.8. The first-order valence-corrected chi connectivity index (χ1v) is 9.63. The topological polar surface area (TPSA) is 39.7 Å². The van der Waals surface area contributed by atoms with Crippen LogP contribution in [0.2, 0.25) is 0 Å². The van der Waals surface area contributed by atoms with Crippen molar-refractivity contribution >= 4 is 28.1 Å². The van der Waals surface area contributed by atoms with E-state index in [1.165, 1.54) is 0 Å². The van der Waals surface area contributed by atoms with E-state index in [1.54, 1.807) is 0 Å². The van der Waals surface area contributed by atoms with Crippen LogP contribution >= 0.6 is 11.3 Å². The number of amides is 1. The first-order chi connectivity index (χ1) is 12.9. The Morgan fingerprint density at radius 1 is 1.04 bits per heavy atom. The van der Waals surface area contributed by atoms with Gasteiger partial charge in [-0.15, -0.1) is 0 Å². The van der Waals surface area contributed by atoms with E-state index in [4.69, 9.17) is 0 Å². The molecule has 3 heterocycles. The third-order valence-electron chi connectivity index (χ3n) is 5.04. The number of nitrogens with zero attached hydrogens (tertiary/aromatic N) is 4. The molecule has 1 aromatic heterocycles. The van der Waals surface area contributed by atoms with Crippen LogP contribution < -0.4 is 9.80 Å². The number of anilines is 2. The van der Waals surface area contributed by atoms with Gasteiger partial charge in [0.1, 0.15) is 4.88 Å². The SMILES string of the molecule is O=C1C(N2CCN(c3ncc(C(F)(F)F)s3)CC2)CCN1c1ccccc1. The van der Waals surface area contributed by atoms with Crippen LogP contribution in [-0.4, -0.2) is 54.6 Å². The van der Waals surface area contributed by atoms with Crippen molar-refractivity contribution in [2.75, 3.05) is 42.5 Å². The minimum absolute atomic E-state index is 0.100. The van der Waals surface area contributed by atoms with Crippen LogP contribution in [0.15, 0.2) is 36.5 Å². The van der Waals surface area contributed by atoms with Crippen molar-refractivity contribution in [1.29, 1.82) is 0 Å². The zero-order valence-electron chi connectivity index (χ0n) is 14.5. The van der Waals surface area contributed by atoms with Gasteiger partial charge in [-0.05, 0) is 18.6 Å². The average molecular weight is 396 g/mol. The number of alkyl halides is 3. The lowest BCUT2D eigenvalue weighted by molar-refractivity contribution is -0.134. The van der Waals surface area contributed by atoms with Gasteiger partial charge >= 0.3 is 6.18 Å². The second-order valence-electron chi connectivity index (χ2n) is 6.66. The number of carbonyl (C=O) groups excluding carboxylic acids is 1. The molecule has 0 bridgehead atoms. The molecule has 2 aliphatic heterocycles. The highest BCUT2D eigenvalue weighted by molar-refractivity contribution is 7.15. The number of aromatic nitrogens is 1. The van der Waals surface area contributed by atoms with Gasteiger partial charge in [0.25, 0.3) is 0 Å². The molecule has 2 saturated heterocycles. The lowest BCUT2D eigenvalue weighted by Crippen LogP contribution is -2.52. The summed E-state index contributed by atoms with van der Waals surface area (Å²) in [5.74, 6) is 0.100. The fourth-order valence-electron chi connectivity index (χ4n) is 3.64. The normalized spacial score (nSPS) is 21.9. The molecule has 2 aromatic rings. The van der Waals surface area contributed by atoms with Crippen LogP contribution in [0.1, 0.15) is 11.3 Å². The number of halogens is 3. The minimum atomic E-state index is -4.35. The molecular weight excluding hydrogens is 377 g/mol. The molecule has 9 heteroatoms. The fourth-order valence-corrected chi connectivity index (χ4v) is 4.47. The van der Waals surface area contributed by atoms with Gasteiger partial charge in [0.2, 0.25) is 5.91 Å². The van der Waals surface area contributed by atoms with Gasteiger partial charge in [-0.3, -0.25) is 9.69 Å². The number of carbonyl (C=O) groups is 1. The van der Waals surface area contributed by atoms with E-state index in [2.05, 4.69) is 9.88 Å². The van der Waals surface area contributed by atoms with Crippen LogP contribution in [0.3, 0.4) is 0 Å². The third kappa shape index (κ3) is 3.66. The number of hydrogen-bond acceptors (Lipinski definition) is 5. The molecule has 144 valence electrons. The van der Waals surface area contributed by atoms with Crippen molar-refractivity contribution in [3.8, 4) is 0 Å². The van der Waals surface area contributed by atoms with E-state index >= 15 is 0 Å². The Kier molecular flexibility index (Phi) is 4.81. The molecule has 0 radical (unpaired) electrons. The number of hydrogen-bond donors (Lipinski definition) is 0. The summed E-state index contributed by atoms with van der Waals surface area (Å²) in [6.07, 6.45) is -2.69. The van der Waals surface area contributed by atoms with Gasteiger partial charge in [0.05, 0.1) is 12.2 Å². The van der Waals surface area contributed by atoms with Crippen molar-refractivity contribution < 1.29 is 18.0 Å². The lowest BCUT2D eigenvalue weighted by atomic mass is 10.2. The molecule has 0 aliphatic carbocycles. The Balaban J connectivity index is 1.37. The summed E-state index contributed by atoms with van der Waals surface area (Å²) in [7, 11) is 0. The van der Waals surface area contributed by atoms with E-state index in [9.17, 15) is 18.0 Å². The van der Waals surface area contributed by atoms with E-state index < -0.39 is 11.1 Å². The second-order valence-corrected chi connectivity index (χ2v) is 7.67. The zero-order chi connectivity index (χ0) is 19.0. The van der Waals surface area contributed by atoms with Crippen molar-refractivity contribution in [3.63, 3.8) is 0 Å². The summed E-state index contributed by atoms with van der Waals surface area (Å²) >= 11 is 0.674. The van der Waals surface area contributed by atoms with Crippen molar-refractivity contribution in [1.82, 2.24) is 9.88 Å². The number of benzene rings is 1. The molecule has 27 heavy (non-hydrogen) atoms. The van der Waals surface area contributed by atoms with Gasteiger partial charge in [-0.1, -0.05) is 29.5 Å². The molecule has 1 amide bonds. The van der Waals surface area contributed by atoms with E-state index in [-0.39, 0.29) is 11.9 Å². The van der Waals surface area contributed by atoms with Gasteiger partial charge in [-0.25, -0.2) is 4.98 Å². The first kappa shape index (κ1) is 18.2. The van der Waals surface area contributed by atoms with Gasteiger partial charge in [0.15, 0.2) is 5.13 Å². The van der Waals surface area contributed by atoms with Crippen LogP contribution in [-0.2, 0) is 11.0 Å². The quantitative estimate of drug-likeness (QED) is 0.800. The van der Waals surface area contributed by atoms with E-state index in [0.29, 0.717) is 49.2 Å². The fraction of sp³-hybridized carbons (Fsp3) is 0.444. The summed E-state index contributed by atoms with van der Waals surface area (Å²) in [6, 6.07) is 9.45. The molecule has 0 N–H and O–H groups in total. The summed E-state index contributed by atoms with van der Waals surface area (Å²) < 4.78 is 38.3. The molecule has 0 saturated carbocycles. The highest BCUT2D eigenvalue weighted by Gasteiger charge is 2.38. The maximum atomic E-state index is 12.8. The van der Waals surface area contributed by atoms with Gasteiger partial charge in [0, 0.05) is 38.4 Å². The largest absolute Gasteiger partial charge is 0.427 e. The van der Waals surface area contributed by atoms with Crippen molar-refractivity contribution in [2.24, 2.45) is 0 Å². The van der Waals surface area contributed by atoms with Gasteiger partial charge < -0.3 is 9.80 Å². The highest BCUT2D eigenvalue weighted by Crippen LogP contribution is 2.36. The van der Waals surface area contributed by atoms with Crippen LogP contribution in [0.4, 0.5) is 24.0 Å². The summed E-state index contributed by atoms with van der Waals surface area (Å²) in [5, 5.41) is 0.394. The minimum Gasteiger partial charge on any atom is -0.346 e. The second kappa shape index (κ2) is 7.12. The molecule has 5 nitrogen and oxygen atoms in total. The number of thiazole rings is 1. The van der Waals surface area contributed by atoms with Crippen LogP contribution in [0.5, 0.6) is 0 Å². The number of para-hydroxylation sites is 1. The predicted molar refractivity (Wildman–Crippen MR) is 98.1 cm³/mol. The Morgan fingerprint density at radius 2 is 1.74 bits per heavy atom. The molecule has 1 aromatic carbocycles. The Hall–Kier alpha value is -2.13. The summed E-state index contributed by atoms with van der Waals surface area (Å²) in [6.45, 7) is 3.11. The van der Waals surface area contributed by atoms with E-state index in [0.717, 1.165) is 18.3 Å². The van der Waals surface area contributed by atoms with Crippen molar-refractivity contribution in [2.45, 2.75) is 18.6 Å². The maximum Gasteiger partial charge on any atom is 0.427 e. The molecule has 4 rings (SSSR count). The average Bonchev–Trinajstić information content (AvgIpc) is 3.30. The monoisotopic (exact) mass is 396 g/mol. The first-order valence-electron chi connectivity index (χ1n) is 8.82. The van der Waals surface area contributed by atoms with Crippen LogP contribution in [0.25, 0.3) is 0 Å². The molecule has 2 fully saturated rings. The molecule has 0 spiro atoms. The predicted octanol–water partition coefficient (Wildman–Crippen LogP) is 3.09. The zero-order valence-corrected chi connectivity index (χ0v) is 15.3. The lowest BCUT2D eigenvalue weighted by Gasteiger charge is -2.37. The molecular formula is C18H19F3N4OS. The number of piperazine rings is 1.